The van der Waals surface area contributed by atoms with E-state index in [4.69, 9.17) is 22.1 Å². The van der Waals surface area contributed by atoms with Gasteiger partial charge < -0.3 is 10.5 Å². The summed E-state index contributed by atoms with van der Waals surface area (Å²) in [7, 11) is 1.64. The van der Waals surface area contributed by atoms with Crippen molar-refractivity contribution in [2.24, 2.45) is 5.73 Å². The molecule has 0 fully saturated rings. The Morgan fingerprint density at radius 2 is 2.12 bits per heavy atom. The van der Waals surface area contributed by atoms with E-state index in [1.807, 2.05) is 25.1 Å². The maximum atomic E-state index is 6.16. The van der Waals surface area contributed by atoms with E-state index in [0.29, 0.717) is 11.6 Å². The van der Waals surface area contributed by atoms with Crippen molar-refractivity contribution < 1.29 is 4.74 Å². The Balaban J connectivity index is 2.64. The maximum Gasteiger partial charge on any atom is 0.128 e. The number of nitrogens with two attached hydrogens (primary N) is 1. The lowest BCUT2D eigenvalue weighted by atomic mass is 10.1. The molecule has 90 valence electrons. The third-order valence-corrected chi connectivity index (χ3v) is 3.17. The zero-order valence-corrected chi connectivity index (χ0v) is 10.7. The first-order valence-electron chi connectivity index (χ1n) is 5.50. The van der Waals surface area contributed by atoms with Crippen molar-refractivity contribution in [2.75, 3.05) is 13.7 Å². The lowest BCUT2D eigenvalue weighted by Gasteiger charge is -2.11. The number of ether oxygens (including phenoxy) is 1. The summed E-state index contributed by atoms with van der Waals surface area (Å²) < 4.78 is 5.29. The van der Waals surface area contributed by atoms with E-state index in [0.717, 1.165) is 22.3 Å². The highest BCUT2D eigenvalue weighted by molar-refractivity contribution is 6.35. The Hall–Kier alpha value is -1.32. The molecular formula is C13H15ClN2O. The quantitative estimate of drug-likeness (QED) is 0.911. The van der Waals surface area contributed by atoms with Gasteiger partial charge in [-0.05, 0) is 24.3 Å². The lowest BCUT2D eigenvalue weighted by Crippen LogP contribution is -2.10. The smallest absolute Gasteiger partial charge is 0.128 e. The molecule has 0 spiro atoms. The molecule has 1 aromatic heterocycles. The van der Waals surface area contributed by atoms with Crippen LogP contribution in [0.5, 0.6) is 5.75 Å². The van der Waals surface area contributed by atoms with E-state index in [2.05, 4.69) is 4.98 Å². The fourth-order valence-electron chi connectivity index (χ4n) is 1.75. The Morgan fingerprint density at radius 1 is 1.35 bits per heavy atom. The van der Waals surface area contributed by atoms with E-state index >= 15 is 0 Å². The zero-order valence-electron chi connectivity index (χ0n) is 9.90. The second kappa shape index (κ2) is 4.90. The van der Waals surface area contributed by atoms with Crippen molar-refractivity contribution >= 4 is 22.5 Å². The number of pyridine rings is 1. The highest BCUT2D eigenvalue weighted by atomic mass is 35.5. The molecule has 4 heteroatoms. The van der Waals surface area contributed by atoms with Crippen molar-refractivity contribution in [1.82, 2.24) is 4.98 Å². The molecular weight excluding hydrogens is 236 g/mol. The van der Waals surface area contributed by atoms with Gasteiger partial charge in [0.05, 0.1) is 17.6 Å². The summed E-state index contributed by atoms with van der Waals surface area (Å²) in [5, 5.41) is 1.56. The average molecular weight is 251 g/mol. The number of hydrogen-bond donors (Lipinski definition) is 1. The molecule has 1 aromatic carbocycles. The zero-order chi connectivity index (χ0) is 12.4. The Bertz CT molecular complexity index is 542. The number of halogens is 1. The minimum Gasteiger partial charge on any atom is -0.496 e. The van der Waals surface area contributed by atoms with Crippen LogP contribution in [-0.4, -0.2) is 18.6 Å². The first-order chi connectivity index (χ1) is 8.17. The summed E-state index contributed by atoms with van der Waals surface area (Å²) in [6.45, 7) is 2.61. The molecule has 0 aliphatic rings. The van der Waals surface area contributed by atoms with Crippen LogP contribution in [0.1, 0.15) is 18.5 Å². The summed E-state index contributed by atoms with van der Waals surface area (Å²) in [5.74, 6) is 1.01. The van der Waals surface area contributed by atoms with Crippen LogP contribution in [0, 0.1) is 0 Å². The largest absolute Gasteiger partial charge is 0.496 e. The van der Waals surface area contributed by atoms with Gasteiger partial charge in [0.15, 0.2) is 0 Å². The Labute approximate surface area is 106 Å². The standard InChI is InChI=1S/C13H15ClN2O/c1-8(7-15)11-5-3-9-12(17-2)6-4-10(14)13(9)16-11/h3-6,8H,7,15H2,1-2H3. The predicted octanol–water partition coefficient (Wildman–Crippen LogP) is 2.96. The van der Waals surface area contributed by atoms with Crippen LogP contribution in [0.2, 0.25) is 5.02 Å². The van der Waals surface area contributed by atoms with Crippen molar-refractivity contribution in [3.63, 3.8) is 0 Å². The number of fused-ring (bicyclic) bond motifs is 1. The normalized spacial score (nSPS) is 12.7. The number of hydrogen-bond acceptors (Lipinski definition) is 3. The number of aromatic nitrogens is 1. The van der Waals surface area contributed by atoms with Crippen LogP contribution in [0.4, 0.5) is 0 Å². The van der Waals surface area contributed by atoms with Crippen LogP contribution in [0.15, 0.2) is 24.3 Å². The van der Waals surface area contributed by atoms with Crippen LogP contribution < -0.4 is 10.5 Å². The van der Waals surface area contributed by atoms with Crippen molar-refractivity contribution in [3.8, 4) is 5.75 Å². The summed E-state index contributed by atoms with van der Waals surface area (Å²) in [4.78, 5) is 4.56. The monoisotopic (exact) mass is 250 g/mol. The lowest BCUT2D eigenvalue weighted by molar-refractivity contribution is 0.419. The fraction of sp³-hybridized carbons (Fsp3) is 0.308. The minimum absolute atomic E-state index is 0.224. The first kappa shape index (κ1) is 12.1. The molecule has 0 saturated carbocycles. The number of rotatable bonds is 3. The number of methoxy groups -OCH3 is 1. The van der Waals surface area contributed by atoms with Crippen molar-refractivity contribution in [2.45, 2.75) is 12.8 Å². The molecule has 0 bridgehead atoms. The summed E-state index contributed by atoms with van der Waals surface area (Å²) in [5.41, 5.74) is 7.37. The van der Waals surface area contributed by atoms with Gasteiger partial charge in [0.2, 0.25) is 0 Å². The summed E-state index contributed by atoms with van der Waals surface area (Å²) in [6.07, 6.45) is 0. The van der Waals surface area contributed by atoms with Crippen LogP contribution in [0.3, 0.4) is 0 Å². The van der Waals surface area contributed by atoms with Gasteiger partial charge in [-0.2, -0.15) is 0 Å². The van der Waals surface area contributed by atoms with Crippen LogP contribution in [0.25, 0.3) is 10.9 Å². The topological polar surface area (TPSA) is 48.1 Å². The summed E-state index contributed by atoms with van der Waals surface area (Å²) in [6, 6.07) is 7.60. The van der Waals surface area contributed by atoms with E-state index < -0.39 is 0 Å². The summed E-state index contributed by atoms with van der Waals surface area (Å²) >= 11 is 6.16. The fourth-order valence-corrected chi connectivity index (χ4v) is 1.95. The third kappa shape index (κ3) is 2.21. The highest BCUT2D eigenvalue weighted by Crippen LogP contribution is 2.31. The Morgan fingerprint density at radius 3 is 2.76 bits per heavy atom. The molecule has 3 nitrogen and oxygen atoms in total. The Kier molecular flexibility index (Phi) is 3.50. The molecule has 17 heavy (non-hydrogen) atoms. The molecule has 0 saturated heterocycles. The van der Waals surface area contributed by atoms with Crippen LogP contribution >= 0.6 is 11.6 Å². The van der Waals surface area contributed by atoms with E-state index in [9.17, 15) is 0 Å². The first-order valence-corrected chi connectivity index (χ1v) is 5.88. The van der Waals surface area contributed by atoms with Gasteiger partial charge >= 0.3 is 0 Å². The molecule has 1 heterocycles. The van der Waals surface area contributed by atoms with Gasteiger partial charge in [-0.1, -0.05) is 18.5 Å². The van der Waals surface area contributed by atoms with Gasteiger partial charge in [-0.25, -0.2) is 0 Å². The van der Waals surface area contributed by atoms with Gasteiger partial charge in [-0.15, -0.1) is 0 Å². The number of benzene rings is 1. The van der Waals surface area contributed by atoms with Crippen LogP contribution in [-0.2, 0) is 0 Å². The second-order valence-electron chi connectivity index (χ2n) is 4.02. The SMILES string of the molecule is COc1ccc(Cl)c2nc(C(C)CN)ccc12. The van der Waals surface area contributed by atoms with Gasteiger partial charge in [0.25, 0.3) is 0 Å². The van der Waals surface area contributed by atoms with Crippen molar-refractivity contribution in [1.29, 1.82) is 0 Å². The molecule has 1 unspecified atom stereocenters. The molecule has 0 amide bonds. The maximum absolute atomic E-state index is 6.16. The van der Waals surface area contributed by atoms with Gasteiger partial charge in [0, 0.05) is 23.5 Å². The molecule has 0 aliphatic heterocycles. The molecule has 2 N–H and O–H groups in total. The van der Waals surface area contributed by atoms with Gasteiger partial charge in [0.1, 0.15) is 5.75 Å². The highest BCUT2D eigenvalue weighted by Gasteiger charge is 2.10. The van der Waals surface area contributed by atoms with E-state index in [1.165, 1.54) is 0 Å². The molecule has 2 aromatic rings. The second-order valence-corrected chi connectivity index (χ2v) is 4.43. The number of nitrogens with zero attached hydrogens (tertiary/aromatic N) is 1. The third-order valence-electron chi connectivity index (χ3n) is 2.87. The van der Waals surface area contributed by atoms with E-state index in [-0.39, 0.29) is 5.92 Å². The van der Waals surface area contributed by atoms with E-state index in [1.54, 1.807) is 13.2 Å². The van der Waals surface area contributed by atoms with Crippen molar-refractivity contribution in [3.05, 3.63) is 35.0 Å². The predicted molar refractivity (Wildman–Crippen MR) is 70.8 cm³/mol. The van der Waals surface area contributed by atoms with Gasteiger partial charge in [-0.3, -0.25) is 4.98 Å². The molecule has 0 radical (unpaired) electrons. The molecule has 2 rings (SSSR count). The minimum atomic E-state index is 0.224. The molecule has 1 atom stereocenters. The average Bonchev–Trinajstić information content (AvgIpc) is 2.38. The molecule has 0 aliphatic carbocycles.